The number of benzene rings is 3. The van der Waals surface area contributed by atoms with E-state index in [4.69, 9.17) is 23.5 Å². The van der Waals surface area contributed by atoms with Crippen LogP contribution in [0, 0.1) is 28.9 Å². The number of methoxy groups -OCH3 is 1. The molecule has 2 bridgehead atoms. The Morgan fingerprint density at radius 3 is 2.27 bits per heavy atom. The molecule has 3 aromatic carbocycles. The zero-order valence-electron chi connectivity index (χ0n) is 38.3. The van der Waals surface area contributed by atoms with Gasteiger partial charge >= 0.3 is 37.0 Å². The Balaban J connectivity index is 1.23. The van der Waals surface area contributed by atoms with Crippen LogP contribution in [0.15, 0.2) is 60.7 Å². The fraction of sp³-hybridized carbons (Fsp3) is 0.489. The van der Waals surface area contributed by atoms with Gasteiger partial charge in [-0.1, -0.05) is 56.3 Å². The first-order valence-electron chi connectivity index (χ1n) is 22.1. The zero-order chi connectivity index (χ0) is 47.9. The second kappa shape index (κ2) is 18.7. The lowest BCUT2D eigenvalue weighted by atomic mass is 9.43. The summed E-state index contributed by atoms with van der Waals surface area (Å²) in [5.74, 6) is -7.26. The molecule has 2 saturated heterocycles. The first kappa shape index (κ1) is 47.9. The average Bonchev–Trinajstić information content (AvgIpc) is 3.62. The van der Waals surface area contributed by atoms with Gasteiger partial charge in [0, 0.05) is 25.3 Å². The molecule has 66 heavy (non-hydrogen) atoms. The van der Waals surface area contributed by atoms with Crippen molar-refractivity contribution in [3.63, 3.8) is 0 Å². The highest BCUT2D eigenvalue weighted by atomic mass is 19.1. The van der Waals surface area contributed by atoms with Gasteiger partial charge in [0.05, 0.1) is 30.3 Å². The van der Waals surface area contributed by atoms with E-state index in [-0.39, 0.29) is 67.1 Å². The summed E-state index contributed by atoms with van der Waals surface area (Å²) in [5.41, 5.74) is -1.82. The molecule has 8 rings (SSSR count). The molecule has 6 amide bonds. The van der Waals surface area contributed by atoms with Gasteiger partial charge in [-0.05, 0) is 100 Å². The monoisotopic (exact) mass is 915 g/mol. The van der Waals surface area contributed by atoms with Crippen LogP contribution >= 0.6 is 0 Å². The predicted octanol–water partition coefficient (Wildman–Crippen LogP) is 6.11. The van der Waals surface area contributed by atoms with Gasteiger partial charge < -0.3 is 39.1 Å². The Bertz CT molecular complexity index is 2380. The number of para-hydroxylation sites is 1. The molecule has 0 radical (unpaired) electrons. The van der Waals surface area contributed by atoms with E-state index in [2.05, 4.69) is 29.8 Å². The molecule has 5 fully saturated rings. The maximum absolute atomic E-state index is 16.4. The number of esters is 1. The fourth-order valence-corrected chi connectivity index (χ4v) is 9.72. The molecule has 3 saturated carbocycles. The number of hydrogen-bond acceptors (Lipinski definition) is 11. The van der Waals surface area contributed by atoms with Crippen LogP contribution in [-0.4, -0.2) is 103 Å². The Morgan fingerprint density at radius 2 is 1.64 bits per heavy atom. The van der Waals surface area contributed by atoms with Crippen LogP contribution in [-0.2, 0) is 46.2 Å². The second-order valence-corrected chi connectivity index (χ2v) is 18.9. The number of nitrogens with zero attached hydrogens (tertiary/aromatic N) is 2. The molecule has 3 aromatic rings. The standard InChI is InChI=1S/C47H56BF2N5O11/c1-9-54-18-19-55(41(58)40(54)57)43(60)53-37(36-31(49)23-29(24-32(36)50)51-44(61)63-25-26-14-11-10-12-15-26)39(56)52-35(48-65-34-22-28-21-33(46(28,5)6)47(34,7)66-48)20-27-16-13-17-30(38(27)62-8)42(59)64-45(2,3)4/h10-17,23-24,28,33-35,37H,9,18-22,25H2,1-8H3,(H,51,61)(H,52,56)(H,53,60)/t28-,33-,34+,35?,37?,47-/m0/s1. The molecule has 6 atom stereocenters. The van der Waals surface area contributed by atoms with Gasteiger partial charge in [-0.15, -0.1) is 0 Å². The zero-order valence-corrected chi connectivity index (χ0v) is 38.3. The van der Waals surface area contributed by atoms with Crippen LogP contribution in [0.1, 0.15) is 94.4 Å². The maximum Gasteiger partial charge on any atom is 0.482 e. The number of nitrogens with one attached hydrogen (secondary N) is 3. The third kappa shape index (κ3) is 9.59. The number of halogens is 2. The third-order valence-electron chi connectivity index (χ3n) is 13.3. The van der Waals surface area contributed by atoms with E-state index in [9.17, 15) is 28.8 Å². The first-order valence-corrected chi connectivity index (χ1v) is 22.1. The SMILES string of the molecule is CCN1CCN(C(=O)NC(C(=O)NC(Cc2cccc(C(=O)OC(C)(C)C)c2OC)B2O[C@@H]3C[C@@H]4C[C@@H](C4(C)C)[C@]3(C)O2)c2c(F)cc(NC(=O)OCc3ccccc3)cc2F)C(=O)C1=O. The quantitative estimate of drug-likeness (QED) is 0.102. The molecule has 0 spiro atoms. The van der Waals surface area contributed by atoms with Crippen LogP contribution in [0.5, 0.6) is 5.75 Å². The van der Waals surface area contributed by atoms with Crippen molar-refractivity contribution < 1.29 is 61.1 Å². The first-order chi connectivity index (χ1) is 31.1. The van der Waals surface area contributed by atoms with Crippen LogP contribution in [0.4, 0.5) is 24.1 Å². The molecule has 352 valence electrons. The van der Waals surface area contributed by atoms with Crippen molar-refractivity contribution in [1.82, 2.24) is 20.4 Å². The lowest BCUT2D eigenvalue weighted by Gasteiger charge is -2.64. The van der Waals surface area contributed by atoms with Gasteiger partial charge in [0.15, 0.2) is 0 Å². The third-order valence-corrected chi connectivity index (χ3v) is 13.3. The van der Waals surface area contributed by atoms with E-state index in [1.165, 1.54) is 18.1 Å². The lowest BCUT2D eigenvalue weighted by Crippen LogP contribution is -2.65. The Hall–Kier alpha value is -6.08. The smallest absolute Gasteiger partial charge is 0.482 e. The highest BCUT2D eigenvalue weighted by molar-refractivity contribution is 6.48. The van der Waals surface area contributed by atoms with Gasteiger partial charge in [-0.2, -0.15) is 0 Å². The Morgan fingerprint density at radius 1 is 0.939 bits per heavy atom. The second-order valence-electron chi connectivity index (χ2n) is 18.9. The van der Waals surface area contributed by atoms with E-state index < -0.39 is 83.3 Å². The minimum absolute atomic E-state index is 0.0178. The number of urea groups is 1. The molecule has 2 heterocycles. The molecular weight excluding hydrogens is 859 g/mol. The maximum atomic E-state index is 16.4. The Kier molecular flexibility index (Phi) is 13.5. The molecule has 0 aromatic heterocycles. The predicted molar refractivity (Wildman–Crippen MR) is 236 cm³/mol. The molecule has 5 aliphatic rings. The summed E-state index contributed by atoms with van der Waals surface area (Å²) in [4.78, 5) is 82.6. The highest BCUT2D eigenvalue weighted by Gasteiger charge is 2.68. The number of amides is 6. The van der Waals surface area contributed by atoms with Crippen LogP contribution in [0.3, 0.4) is 0 Å². The molecule has 16 nitrogen and oxygen atoms in total. The number of carbonyl (C=O) groups is 6. The molecule has 2 unspecified atom stereocenters. The number of likely N-dealkylation sites (N-methyl/N-ethyl adjacent to an activating group) is 1. The average molecular weight is 916 g/mol. The summed E-state index contributed by atoms with van der Waals surface area (Å²) in [6.45, 7) is 12.9. The van der Waals surface area contributed by atoms with E-state index >= 15 is 8.78 Å². The summed E-state index contributed by atoms with van der Waals surface area (Å²) in [5, 5.41) is 7.39. The number of piperazine rings is 1. The van der Waals surface area contributed by atoms with Crippen LogP contribution in [0.25, 0.3) is 0 Å². The number of imide groups is 1. The molecule has 3 aliphatic carbocycles. The largest absolute Gasteiger partial charge is 0.496 e. The number of hydrogen-bond donors (Lipinski definition) is 3. The van der Waals surface area contributed by atoms with Crippen molar-refractivity contribution >= 4 is 48.6 Å². The van der Waals surface area contributed by atoms with E-state index in [0.29, 0.717) is 28.4 Å². The summed E-state index contributed by atoms with van der Waals surface area (Å²) in [6, 6.07) is 11.6. The number of anilines is 1. The van der Waals surface area contributed by atoms with Crippen molar-refractivity contribution in [3.8, 4) is 5.75 Å². The van der Waals surface area contributed by atoms with Gasteiger partial charge in [-0.25, -0.2) is 23.2 Å². The van der Waals surface area contributed by atoms with Gasteiger partial charge in [0.1, 0.15) is 41.2 Å². The van der Waals surface area contributed by atoms with E-state index in [1.807, 2.05) is 6.92 Å². The summed E-state index contributed by atoms with van der Waals surface area (Å²) in [7, 11) is 0.216. The normalized spacial score (nSPS) is 22.9. The van der Waals surface area contributed by atoms with Crippen molar-refractivity contribution in [3.05, 3.63) is 94.6 Å². The van der Waals surface area contributed by atoms with Gasteiger partial charge in [0.2, 0.25) is 5.91 Å². The van der Waals surface area contributed by atoms with Crippen molar-refractivity contribution in [2.45, 2.75) is 104 Å². The van der Waals surface area contributed by atoms with Crippen LogP contribution in [0.2, 0.25) is 0 Å². The molecular formula is C47H56BF2N5O11. The van der Waals surface area contributed by atoms with Crippen molar-refractivity contribution in [1.29, 1.82) is 0 Å². The van der Waals surface area contributed by atoms with Gasteiger partial charge in [-0.3, -0.25) is 24.6 Å². The van der Waals surface area contributed by atoms with E-state index in [0.717, 1.165) is 18.6 Å². The molecule has 3 N–H and O–H groups in total. The van der Waals surface area contributed by atoms with Crippen LogP contribution < -0.4 is 20.7 Å². The highest BCUT2D eigenvalue weighted by Crippen LogP contribution is 2.65. The lowest BCUT2D eigenvalue weighted by molar-refractivity contribution is -0.199. The van der Waals surface area contributed by atoms with E-state index in [1.54, 1.807) is 70.2 Å². The van der Waals surface area contributed by atoms with Crippen molar-refractivity contribution in [2.24, 2.45) is 17.3 Å². The summed E-state index contributed by atoms with van der Waals surface area (Å²) in [6.07, 6.45) is 0.0748. The number of rotatable bonds is 13. The van der Waals surface area contributed by atoms with Crippen molar-refractivity contribution in [2.75, 3.05) is 32.1 Å². The molecule has 19 heteroatoms. The molecule has 2 aliphatic heterocycles. The minimum atomic E-state index is -2.19. The number of ether oxygens (including phenoxy) is 3. The fourth-order valence-electron chi connectivity index (χ4n) is 9.72. The topological polar surface area (TPSA) is 191 Å². The minimum Gasteiger partial charge on any atom is -0.496 e. The van der Waals surface area contributed by atoms with Gasteiger partial charge in [0.25, 0.3) is 0 Å². The Labute approximate surface area is 382 Å². The summed E-state index contributed by atoms with van der Waals surface area (Å²) >= 11 is 0. The number of carbonyl (C=O) groups excluding carboxylic acids is 6. The summed E-state index contributed by atoms with van der Waals surface area (Å²) < 4.78 is 62.9.